The molecule has 0 aliphatic heterocycles. The third-order valence-electron chi connectivity index (χ3n) is 8.70. The summed E-state index contributed by atoms with van der Waals surface area (Å²) in [7, 11) is 1.60. The summed E-state index contributed by atoms with van der Waals surface area (Å²) in [6.07, 6.45) is 34.8. The largest absolute Gasteiger partial charge is 0.472 e. The van der Waals surface area contributed by atoms with Crippen LogP contribution in [0, 0.1) is 0 Å². The van der Waals surface area contributed by atoms with E-state index in [1.807, 2.05) is 21.1 Å². The first kappa shape index (κ1) is 47.0. The molecular weight excluding hydrogens is 623 g/mol. The van der Waals surface area contributed by atoms with Crippen molar-refractivity contribution in [3.05, 3.63) is 24.3 Å². The van der Waals surface area contributed by atoms with Crippen LogP contribution in [0.5, 0.6) is 0 Å². The van der Waals surface area contributed by atoms with Crippen molar-refractivity contribution in [1.82, 2.24) is 5.32 Å². The quantitative estimate of drug-likeness (QED) is 0.0263. The van der Waals surface area contributed by atoms with Crippen LogP contribution in [0.3, 0.4) is 0 Å². The minimum Gasteiger partial charge on any atom is -0.391 e. The fourth-order valence-electron chi connectivity index (χ4n) is 5.49. The lowest BCUT2D eigenvalue weighted by Gasteiger charge is -2.26. The van der Waals surface area contributed by atoms with E-state index in [4.69, 9.17) is 9.05 Å². The molecule has 1 amide bonds. The third-order valence-corrected chi connectivity index (χ3v) is 9.69. The minimum absolute atomic E-state index is 0.0718. The molecule has 0 rings (SSSR count). The number of aliphatic hydroxyl groups excluding tert-OH is 1. The molecule has 284 valence electrons. The molecule has 0 spiro atoms. The van der Waals surface area contributed by atoms with Crippen LogP contribution in [0.2, 0.25) is 0 Å². The van der Waals surface area contributed by atoms with Gasteiger partial charge < -0.3 is 19.8 Å². The van der Waals surface area contributed by atoms with Crippen molar-refractivity contribution in [2.24, 2.45) is 0 Å². The van der Waals surface area contributed by atoms with Gasteiger partial charge >= 0.3 is 7.82 Å². The lowest BCUT2D eigenvalue weighted by Crippen LogP contribution is -2.46. The Kier molecular flexibility index (Phi) is 31.2. The highest BCUT2D eigenvalue weighted by Crippen LogP contribution is 2.43. The minimum atomic E-state index is -4.31. The Hall–Kier alpha value is -1.02. The zero-order valence-corrected chi connectivity index (χ0v) is 32.9. The highest BCUT2D eigenvalue weighted by Gasteiger charge is 2.28. The van der Waals surface area contributed by atoms with E-state index >= 15 is 0 Å². The predicted octanol–water partition coefficient (Wildman–Crippen LogP) is 10.2. The second kappa shape index (κ2) is 31.9. The lowest BCUT2D eigenvalue weighted by atomic mass is 10.0. The molecule has 0 aliphatic carbocycles. The fraction of sp³-hybridized carbons (Fsp3) is 0.872. The van der Waals surface area contributed by atoms with Crippen molar-refractivity contribution in [1.29, 1.82) is 0 Å². The van der Waals surface area contributed by atoms with E-state index in [-0.39, 0.29) is 19.1 Å². The molecule has 0 radical (unpaired) electrons. The molecule has 0 fully saturated rings. The number of unbranched alkanes of at least 4 members (excludes halogenated alkanes) is 18. The van der Waals surface area contributed by atoms with Crippen molar-refractivity contribution in [3.8, 4) is 0 Å². The van der Waals surface area contributed by atoms with Crippen molar-refractivity contribution < 1.29 is 32.9 Å². The van der Waals surface area contributed by atoms with Gasteiger partial charge in [-0.3, -0.25) is 13.8 Å². The van der Waals surface area contributed by atoms with Gasteiger partial charge in [-0.15, -0.1) is 0 Å². The topological polar surface area (TPSA) is 105 Å². The van der Waals surface area contributed by atoms with Gasteiger partial charge in [-0.1, -0.05) is 141 Å². The Morgan fingerprint density at radius 2 is 1.19 bits per heavy atom. The van der Waals surface area contributed by atoms with Gasteiger partial charge in [0.2, 0.25) is 5.91 Å². The first-order valence-electron chi connectivity index (χ1n) is 19.7. The van der Waals surface area contributed by atoms with Crippen LogP contribution in [0.15, 0.2) is 24.3 Å². The summed E-state index contributed by atoms with van der Waals surface area (Å²) >= 11 is 0. The second-order valence-corrected chi connectivity index (χ2v) is 16.1. The Labute approximate surface area is 296 Å². The number of nitrogens with zero attached hydrogens (tertiary/aromatic N) is 1. The van der Waals surface area contributed by atoms with Crippen molar-refractivity contribution >= 4 is 13.7 Å². The van der Waals surface area contributed by atoms with Crippen LogP contribution in [-0.4, -0.2) is 73.4 Å². The highest BCUT2D eigenvalue weighted by molar-refractivity contribution is 7.47. The van der Waals surface area contributed by atoms with Crippen LogP contribution in [0.25, 0.3) is 0 Å². The van der Waals surface area contributed by atoms with Gasteiger partial charge in [0, 0.05) is 6.42 Å². The number of hydrogen-bond donors (Lipinski definition) is 3. The van der Waals surface area contributed by atoms with E-state index in [9.17, 15) is 19.4 Å². The van der Waals surface area contributed by atoms with E-state index in [2.05, 4.69) is 43.5 Å². The van der Waals surface area contributed by atoms with Gasteiger partial charge in [0.25, 0.3) is 0 Å². The van der Waals surface area contributed by atoms with E-state index in [0.29, 0.717) is 23.9 Å². The third kappa shape index (κ3) is 33.5. The number of hydrogen-bond acceptors (Lipinski definition) is 5. The van der Waals surface area contributed by atoms with E-state index in [1.165, 1.54) is 77.0 Å². The van der Waals surface area contributed by atoms with Crippen molar-refractivity contribution in [3.63, 3.8) is 0 Å². The molecular formula is C39H78N2O6P+. The molecule has 0 aromatic rings. The van der Waals surface area contributed by atoms with Crippen molar-refractivity contribution in [2.45, 2.75) is 180 Å². The Morgan fingerprint density at radius 1 is 0.708 bits per heavy atom. The number of nitrogens with one attached hydrogen (secondary N) is 1. The first-order chi connectivity index (χ1) is 23.0. The Balaban J connectivity index is 4.47. The molecule has 48 heavy (non-hydrogen) atoms. The maximum absolute atomic E-state index is 12.8. The standard InChI is InChI=1S/C39H77N2O6P/c1-6-8-10-12-14-16-18-19-20-21-23-25-27-29-31-33-39(43)40-37(36-47-48(44,45)46-35-34-41(3,4)5)38(42)32-30-28-26-24-22-17-15-13-11-9-7-2/h14,16,19-20,37-38,42H,6-13,15,17-18,21-36H2,1-5H3,(H-,40,43,44,45)/p+1/b16-14+,20-19+/t37-,38+/m0/s1. The number of phosphoric acid groups is 1. The Morgan fingerprint density at radius 3 is 1.75 bits per heavy atom. The zero-order chi connectivity index (χ0) is 35.8. The average molecular weight is 702 g/mol. The number of aliphatic hydroxyl groups is 1. The van der Waals surface area contributed by atoms with Gasteiger partial charge in [-0.25, -0.2) is 4.57 Å². The predicted molar refractivity (Wildman–Crippen MR) is 203 cm³/mol. The van der Waals surface area contributed by atoms with Gasteiger partial charge in [0.05, 0.1) is 39.9 Å². The van der Waals surface area contributed by atoms with E-state index < -0.39 is 20.0 Å². The Bertz CT molecular complexity index is 845. The van der Waals surface area contributed by atoms with Crippen LogP contribution in [-0.2, 0) is 18.4 Å². The van der Waals surface area contributed by atoms with Gasteiger partial charge in [-0.05, 0) is 44.9 Å². The SMILES string of the molecule is CCCCC/C=C/C/C=C/CCCCCCCC(=O)N[C@@H](COP(=O)(O)OCC[N+](C)(C)C)[C@H](O)CCCCCCCCCCCCC. The summed E-state index contributed by atoms with van der Waals surface area (Å²) in [6.45, 7) is 4.82. The number of rotatable bonds is 35. The summed E-state index contributed by atoms with van der Waals surface area (Å²) in [5.41, 5.74) is 0. The number of quaternary nitrogens is 1. The number of amides is 1. The molecule has 9 heteroatoms. The number of carbonyl (C=O) groups excluding carboxylic acids is 1. The summed E-state index contributed by atoms with van der Waals surface area (Å²) in [6, 6.07) is -0.763. The number of carbonyl (C=O) groups is 1. The number of allylic oxidation sites excluding steroid dienone is 4. The second-order valence-electron chi connectivity index (χ2n) is 14.7. The highest BCUT2D eigenvalue weighted by atomic mass is 31.2. The van der Waals surface area contributed by atoms with Crippen LogP contribution < -0.4 is 5.32 Å². The van der Waals surface area contributed by atoms with Crippen LogP contribution in [0.1, 0.15) is 168 Å². The maximum Gasteiger partial charge on any atom is 0.472 e. The van der Waals surface area contributed by atoms with Crippen molar-refractivity contribution in [2.75, 3.05) is 40.9 Å². The fourth-order valence-corrected chi connectivity index (χ4v) is 6.22. The molecule has 0 aromatic heterocycles. The molecule has 0 aromatic carbocycles. The maximum atomic E-state index is 12.8. The molecule has 1 unspecified atom stereocenters. The van der Waals surface area contributed by atoms with Crippen LogP contribution in [0.4, 0.5) is 0 Å². The number of likely N-dealkylation sites (N-methyl/N-ethyl adjacent to an activating group) is 1. The average Bonchev–Trinajstić information content (AvgIpc) is 3.02. The number of phosphoric ester groups is 1. The van der Waals surface area contributed by atoms with Gasteiger partial charge in [0.1, 0.15) is 13.2 Å². The summed E-state index contributed by atoms with van der Waals surface area (Å²) < 4.78 is 23.5. The summed E-state index contributed by atoms with van der Waals surface area (Å²) in [5.74, 6) is -0.161. The molecule has 8 nitrogen and oxygen atoms in total. The zero-order valence-electron chi connectivity index (χ0n) is 32.0. The molecule has 0 aliphatic rings. The van der Waals surface area contributed by atoms with Crippen LogP contribution >= 0.6 is 7.82 Å². The molecule has 0 saturated carbocycles. The summed E-state index contributed by atoms with van der Waals surface area (Å²) in [5, 5.41) is 13.9. The summed E-state index contributed by atoms with van der Waals surface area (Å²) in [4.78, 5) is 23.0. The van der Waals surface area contributed by atoms with Gasteiger partial charge in [-0.2, -0.15) is 0 Å². The monoisotopic (exact) mass is 702 g/mol. The first-order valence-corrected chi connectivity index (χ1v) is 21.2. The lowest BCUT2D eigenvalue weighted by molar-refractivity contribution is -0.870. The van der Waals surface area contributed by atoms with E-state index in [0.717, 1.165) is 64.2 Å². The molecule has 3 N–H and O–H groups in total. The van der Waals surface area contributed by atoms with E-state index in [1.54, 1.807) is 0 Å². The van der Waals surface area contributed by atoms with Gasteiger partial charge in [0.15, 0.2) is 0 Å². The molecule has 0 heterocycles. The molecule has 0 saturated heterocycles. The molecule has 0 bridgehead atoms. The normalized spacial score (nSPS) is 14.9. The molecule has 3 atom stereocenters. The smallest absolute Gasteiger partial charge is 0.391 e.